The molecule has 0 spiro atoms. The molecule has 0 atom stereocenters. The van der Waals surface area contributed by atoms with Crippen molar-refractivity contribution in [2.75, 3.05) is 5.73 Å². The third kappa shape index (κ3) is 2.20. The van der Waals surface area contributed by atoms with E-state index in [9.17, 15) is 4.57 Å². The van der Waals surface area contributed by atoms with Gasteiger partial charge in [-0.25, -0.2) is 4.98 Å². The second-order valence-electron chi connectivity index (χ2n) is 3.34. The lowest BCUT2D eigenvalue weighted by atomic mass is 10.3. The summed E-state index contributed by atoms with van der Waals surface area (Å²) in [6.45, 7) is 0. The molecule has 0 radical (unpaired) electrons. The summed E-state index contributed by atoms with van der Waals surface area (Å²) in [5.74, 6) is 0.0561. The summed E-state index contributed by atoms with van der Waals surface area (Å²) in [4.78, 5) is 21.8. The first-order valence-corrected chi connectivity index (χ1v) is 6.50. The third-order valence-electron chi connectivity index (χ3n) is 2.07. The molecule has 0 fully saturated rings. The number of nitrogen functional groups attached to an aromatic ring is 1. The van der Waals surface area contributed by atoms with Gasteiger partial charge in [-0.15, -0.1) is 0 Å². The molecule has 8 heteroatoms. The molecule has 1 aromatic carbocycles. The Hall–Kier alpha value is -1.07. The van der Waals surface area contributed by atoms with Crippen molar-refractivity contribution in [3.63, 3.8) is 0 Å². The molecule has 86 valence electrons. The van der Waals surface area contributed by atoms with E-state index in [1.54, 1.807) is 18.2 Å². The first kappa shape index (κ1) is 11.4. The van der Waals surface area contributed by atoms with Crippen LogP contribution in [0.4, 0.5) is 5.95 Å². The fourth-order valence-corrected chi connectivity index (χ4v) is 2.29. The number of nitrogens with zero attached hydrogens (tertiary/aromatic N) is 2. The Morgan fingerprint density at radius 2 is 2.19 bits per heavy atom. The molecule has 2 rings (SSSR count). The van der Waals surface area contributed by atoms with Crippen molar-refractivity contribution in [3.8, 4) is 0 Å². The zero-order valence-electron chi connectivity index (χ0n) is 8.04. The number of fused-ring (bicyclic) bond motifs is 1. The van der Waals surface area contributed by atoms with E-state index in [-0.39, 0.29) is 5.95 Å². The summed E-state index contributed by atoms with van der Waals surface area (Å²) >= 11 is 5.77. The van der Waals surface area contributed by atoms with Gasteiger partial charge in [-0.2, -0.15) is 0 Å². The molecule has 16 heavy (non-hydrogen) atoms. The zero-order valence-corrected chi connectivity index (χ0v) is 9.69. The smallest absolute Gasteiger partial charge is 0.345 e. The molecule has 4 N–H and O–H groups in total. The van der Waals surface area contributed by atoms with Crippen LogP contribution in [-0.2, 0) is 10.9 Å². The van der Waals surface area contributed by atoms with Gasteiger partial charge in [0, 0.05) is 5.02 Å². The van der Waals surface area contributed by atoms with Crippen LogP contribution in [0.2, 0.25) is 5.02 Å². The first-order valence-electron chi connectivity index (χ1n) is 4.33. The predicted octanol–water partition coefficient (Wildman–Crippen LogP) is 1.41. The highest BCUT2D eigenvalue weighted by Gasteiger charge is 2.18. The van der Waals surface area contributed by atoms with Gasteiger partial charge < -0.3 is 15.5 Å². The predicted molar refractivity (Wildman–Crippen MR) is 61.2 cm³/mol. The number of nitrogens with two attached hydrogens (primary N) is 1. The van der Waals surface area contributed by atoms with Crippen LogP contribution < -0.4 is 5.73 Å². The second-order valence-corrected chi connectivity index (χ2v) is 5.39. The number of aromatic nitrogens is 2. The molecule has 0 saturated carbocycles. The number of imidazole rings is 1. The van der Waals surface area contributed by atoms with E-state index in [0.29, 0.717) is 16.1 Å². The summed E-state index contributed by atoms with van der Waals surface area (Å²) in [7, 11) is -4.19. The van der Waals surface area contributed by atoms with Crippen LogP contribution in [0.3, 0.4) is 0 Å². The van der Waals surface area contributed by atoms with E-state index in [0.717, 1.165) is 0 Å². The van der Waals surface area contributed by atoms with Gasteiger partial charge in [0.05, 0.1) is 11.0 Å². The quantitative estimate of drug-likeness (QED) is 0.710. The van der Waals surface area contributed by atoms with Crippen LogP contribution in [0.1, 0.15) is 0 Å². The maximum absolute atomic E-state index is 10.9. The Labute approximate surface area is 95.8 Å². The molecular formula is C8H9ClN3O3P. The molecule has 0 aliphatic carbocycles. The SMILES string of the molecule is Nc1nc2cc(Cl)ccc2n1CP(=O)(O)O. The molecule has 6 nitrogen and oxygen atoms in total. The monoisotopic (exact) mass is 261 g/mol. The van der Waals surface area contributed by atoms with Gasteiger partial charge >= 0.3 is 7.60 Å². The Morgan fingerprint density at radius 3 is 2.81 bits per heavy atom. The van der Waals surface area contributed by atoms with Crippen molar-refractivity contribution in [1.82, 2.24) is 9.55 Å². The van der Waals surface area contributed by atoms with Crippen molar-refractivity contribution >= 4 is 36.2 Å². The first-order chi connectivity index (χ1) is 7.37. The summed E-state index contributed by atoms with van der Waals surface area (Å²) in [6, 6.07) is 4.82. The van der Waals surface area contributed by atoms with Crippen LogP contribution in [0.15, 0.2) is 18.2 Å². The topological polar surface area (TPSA) is 101 Å². The maximum atomic E-state index is 10.9. The van der Waals surface area contributed by atoms with Gasteiger partial charge in [-0.05, 0) is 18.2 Å². The van der Waals surface area contributed by atoms with E-state index in [1.165, 1.54) is 4.57 Å². The summed E-state index contributed by atoms with van der Waals surface area (Å²) in [5, 5.41) is 0.494. The van der Waals surface area contributed by atoms with Gasteiger partial charge in [0.1, 0.15) is 6.29 Å². The summed E-state index contributed by atoms with van der Waals surface area (Å²) in [6.07, 6.45) is -0.489. The number of hydrogen-bond acceptors (Lipinski definition) is 3. The van der Waals surface area contributed by atoms with Crippen LogP contribution in [0.25, 0.3) is 11.0 Å². The van der Waals surface area contributed by atoms with Crippen molar-refractivity contribution in [2.45, 2.75) is 6.29 Å². The summed E-state index contributed by atoms with van der Waals surface area (Å²) < 4.78 is 12.2. The number of benzene rings is 1. The number of rotatable bonds is 2. The third-order valence-corrected chi connectivity index (χ3v) is 2.95. The number of hydrogen-bond donors (Lipinski definition) is 3. The zero-order chi connectivity index (χ0) is 11.9. The average Bonchev–Trinajstić information content (AvgIpc) is 2.40. The molecule has 0 aliphatic rings. The number of halogens is 1. The minimum absolute atomic E-state index is 0.0561. The highest BCUT2D eigenvalue weighted by molar-refractivity contribution is 7.50. The molecule has 0 aliphatic heterocycles. The minimum atomic E-state index is -4.19. The maximum Gasteiger partial charge on any atom is 0.345 e. The van der Waals surface area contributed by atoms with Crippen LogP contribution in [0.5, 0.6) is 0 Å². The molecule has 0 bridgehead atoms. The molecule has 0 saturated heterocycles. The van der Waals surface area contributed by atoms with E-state index in [2.05, 4.69) is 4.98 Å². The van der Waals surface area contributed by atoms with Crippen LogP contribution in [0, 0.1) is 0 Å². The Morgan fingerprint density at radius 1 is 1.50 bits per heavy atom. The molecule has 1 aromatic heterocycles. The van der Waals surface area contributed by atoms with E-state index >= 15 is 0 Å². The van der Waals surface area contributed by atoms with Crippen LogP contribution in [-0.4, -0.2) is 19.3 Å². The normalized spacial score (nSPS) is 12.2. The molecule has 2 aromatic rings. The lowest BCUT2D eigenvalue weighted by Crippen LogP contribution is -2.03. The highest BCUT2D eigenvalue weighted by atomic mass is 35.5. The largest absolute Gasteiger partial charge is 0.369 e. The van der Waals surface area contributed by atoms with E-state index < -0.39 is 13.9 Å². The lowest BCUT2D eigenvalue weighted by Gasteiger charge is -2.07. The highest BCUT2D eigenvalue weighted by Crippen LogP contribution is 2.38. The van der Waals surface area contributed by atoms with Crippen molar-refractivity contribution in [1.29, 1.82) is 0 Å². The fourth-order valence-electron chi connectivity index (χ4n) is 1.45. The van der Waals surface area contributed by atoms with Crippen molar-refractivity contribution in [3.05, 3.63) is 23.2 Å². The standard InChI is InChI=1S/C8H9ClN3O3P/c9-5-1-2-7-6(3-5)11-8(10)12(7)4-16(13,14)15/h1-3H,4H2,(H2,10,11)(H2,13,14,15). The fraction of sp³-hybridized carbons (Fsp3) is 0.125. The van der Waals surface area contributed by atoms with Crippen LogP contribution >= 0.6 is 19.2 Å². The van der Waals surface area contributed by atoms with Gasteiger partial charge in [-0.1, -0.05) is 11.6 Å². The van der Waals surface area contributed by atoms with E-state index in [4.69, 9.17) is 27.1 Å². The molecule has 0 unspecified atom stereocenters. The average molecular weight is 262 g/mol. The van der Waals surface area contributed by atoms with E-state index in [1.807, 2.05) is 0 Å². The van der Waals surface area contributed by atoms with Gasteiger partial charge in [0.25, 0.3) is 0 Å². The summed E-state index contributed by atoms with van der Waals surface area (Å²) in [5.41, 5.74) is 6.63. The van der Waals surface area contributed by atoms with Crippen molar-refractivity contribution in [2.24, 2.45) is 0 Å². The Bertz CT molecular complexity index is 591. The van der Waals surface area contributed by atoms with Gasteiger partial charge in [0.15, 0.2) is 0 Å². The molecular weight excluding hydrogens is 253 g/mol. The van der Waals surface area contributed by atoms with Gasteiger partial charge in [0.2, 0.25) is 5.95 Å². The Kier molecular flexibility index (Phi) is 2.67. The lowest BCUT2D eigenvalue weighted by molar-refractivity contribution is 0.363. The number of anilines is 1. The van der Waals surface area contributed by atoms with Crippen molar-refractivity contribution < 1.29 is 14.4 Å². The van der Waals surface area contributed by atoms with Gasteiger partial charge in [-0.3, -0.25) is 9.13 Å². The molecule has 1 heterocycles. The second kappa shape index (κ2) is 3.75. The minimum Gasteiger partial charge on any atom is -0.369 e. The molecule has 0 amide bonds. The Balaban J connectivity index is 2.61.